The molecule has 0 aliphatic heterocycles. The van der Waals surface area contributed by atoms with Gasteiger partial charge in [-0.15, -0.1) is 5.10 Å². The minimum atomic E-state index is -0.251. The number of hydrogen-bond acceptors (Lipinski definition) is 3. The molecule has 1 amide bonds. The van der Waals surface area contributed by atoms with Crippen LogP contribution in [0.2, 0.25) is 0 Å². The normalized spacial score (nSPS) is 9.18. The Kier molecular flexibility index (Phi) is 2.00. The summed E-state index contributed by atoms with van der Waals surface area (Å²) < 4.78 is 0. The third-order valence-corrected chi connectivity index (χ3v) is 1.05. The van der Waals surface area contributed by atoms with Gasteiger partial charge in [0, 0.05) is 5.57 Å². The van der Waals surface area contributed by atoms with Gasteiger partial charge in [-0.2, -0.15) is 0 Å². The van der Waals surface area contributed by atoms with E-state index in [-0.39, 0.29) is 5.91 Å². The first-order valence-corrected chi connectivity index (χ1v) is 3.03. The van der Waals surface area contributed by atoms with Gasteiger partial charge < -0.3 is 5.32 Å². The number of aromatic amines is 1. The lowest BCUT2D eigenvalue weighted by Crippen LogP contribution is -2.11. The van der Waals surface area contributed by atoms with Crippen LogP contribution >= 0.6 is 0 Å². The molecule has 0 unspecified atom stereocenters. The molecular weight excluding hydrogens is 144 g/mol. The number of hydrogen-bond donors (Lipinski definition) is 2. The van der Waals surface area contributed by atoms with Gasteiger partial charge in [0.25, 0.3) is 5.91 Å². The molecule has 11 heavy (non-hydrogen) atoms. The molecule has 0 radical (unpaired) electrons. The second kappa shape index (κ2) is 2.96. The summed E-state index contributed by atoms with van der Waals surface area (Å²) in [6.07, 6.45) is 1.49. The molecule has 5 heteroatoms. The molecule has 0 saturated carbocycles. The van der Waals surface area contributed by atoms with E-state index in [1.165, 1.54) is 6.20 Å². The summed E-state index contributed by atoms with van der Waals surface area (Å²) in [5.74, 6) is 0.150. The third-order valence-electron chi connectivity index (χ3n) is 1.05. The molecule has 5 nitrogen and oxygen atoms in total. The number of nitrogens with one attached hydrogen (secondary N) is 2. The van der Waals surface area contributed by atoms with E-state index in [9.17, 15) is 4.79 Å². The van der Waals surface area contributed by atoms with E-state index in [1.54, 1.807) is 6.92 Å². The van der Waals surface area contributed by atoms with E-state index in [4.69, 9.17) is 0 Å². The Labute approximate surface area is 63.5 Å². The highest BCUT2D eigenvalue weighted by Crippen LogP contribution is 1.98. The van der Waals surface area contributed by atoms with Gasteiger partial charge in [0.1, 0.15) is 0 Å². The molecule has 0 aromatic carbocycles. The molecule has 0 aliphatic rings. The van der Waals surface area contributed by atoms with E-state index in [0.717, 1.165) is 0 Å². The van der Waals surface area contributed by atoms with Crippen molar-refractivity contribution in [2.45, 2.75) is 6.92 Å². The van der Waals surface area contributed by atoms with Crippen molar-refractivity contribution in [3.63, 3.8) is 0 Å². The van der Waals surface area contributed by atoms with Gasteiger partial charge in [-0.05, 0) is 6.92 Å². The molecule has 1 aromatic rings. The molecule has 0 aliphatic carbocycles. The van der Waals surface area contributed by atoms with Crippen LogP contribution in [0, 0.1) is 0 Å². The molecule has 0 atom stereocenters. The van der Waals surface area contributed by atoms with E-state index in [0.29, 0.717) is 11.4 Å². The largest absolute Gasteiger partial charge is 0.304 e. The van der Waals surface area contributed by atoms with Crippen LogP contribution in [0.1, 0.15) is 6.92 Å². The first-order valence-electron chi connectivity index (χ1n) is 3.03. The first-order chi connectivity index (χ1) is 5.20. The summed E-state index contributed by atoms with van der Waals surface area (Å²) >= 11 is 0. The van der Waals surface area contributed by atoms with Crippen molar-refractivity contribution >= 4 is 11.7 Å². The fraction of sp³-hybridized carbons (Fsp3) is 0.167. The highest BCUT2D eigenvalue weighted by molar-refractivity contribution is 6.02. The lowest BCUT2D eigenvalue weighted by Gasteiger charge is -1.97. The number of H-pyrrole nitrogens is 1. The Morgan fingerprint density at radius 1 is 1.82 bits per heavy atom. The SMILES string of the molecule is C=C(C)C(=O)Nc1c[nH]nn1. The minimum absolute atomic E-state index is 0.251. The van der Waals surface area contributed by atoms with Crippen LogP contribution in [-0.4, -0.2) is 21.3 Å². The minimum Gasteiger partial charge on any atom is -0.304 e. The van der Waals surface area contributed by atoms with Crippen molar-refractivity contribution in [2.24, 2.45) is 0 Å². The number of carbonyl (C=O) groups is 1. The second-order valence-electron chi connectivity index (χ2n) is 2.09. The molecule has 1 rings (SSSR count). The Balaban J connectivity index is 2.57. The molecule has 1 aromatic heterocycles. The number of carbonyl (C=O) groups excluding carboxylic acids is 1. The Morgan fingerprint density at radius 3 is 3.00 bits per heavy atom. The highest BCUT2D eigenvalue weighted by Gasteiger charge is 2.02. The van der Waals surface area contributed by atoms with Crippen molar-refractivity contribution in [2.75, 3.05) is 5.32 Å². The van der Waals surface area contributed by atoms with Crippen LogP contribution in [0.3, 0.4) is 0 Å². The first kappa shape index (κ1) is 7.46. The van der Waals surface area contributed by atoms with Crippen molar-refractivity contribution in [1.29, 1.82) is 0 Å². The van der Waals surface area contributed by atoms with Crippen LogP contribution < -0.4 is 5.32 Å². The summed E-state index contributed by atoms with van der Waals surface area (Å²) in [7, 11) is 0. The van der Waals surface area contributed by atoms with E-state index in [1.807, 2.05) is 0 Å². The third kappa shape index (κ3) is 1.89. The lowest BCUT2D eigenvalue weighted by atomic mass is 10.3. The summed E-state index contributed by atoms with van der Waals surface area (Å²) in [4.78, 5) is 10.9. The Morgan fingerprint density at radius 2 is 2.55 bits per heavy atom. The van der Waals surface area contributed by atoms with Gasteiger partial charge in [0.2, 0.25) is 0 Å². The molecule has 1 heterocycles. The average molecular weight is 152 g/mol. The van der Waals surface area contributed by atoms with E-state index in [2.05, 4.69) is 27.3 Å². The fourth-order valence-electron chi connectivity index (χ4n) is 0.486. The molecule has 58 valence electrons. The predicted octanol–water partition coefficient (Wildman–Crippen LogP) is 0.319. The monoisotopic (exact) mass is 152 g/mol. The van der Waals surface area contributed by atoms with Gasteiger partial charge in [-0.25, -0.2) is 0 Å². The van der Waals surface area contributed by atoms with Crippen molar-refractivity contribution < 1.29 is 4.79 Å². The lowest BCUT2D eigenvalue weighted by molar-refractivity contribution is -0.112. The van der Waals surface area contributed by atoms with Gasteiger partial charge >= 0.3 is 0 Å². The maximum atomic E-state index is 10.9. The number of rotatable bonds is 2. The van der Waals surface area contributed by atoms with Crippen LogP contribution in [-0.2, 0) is 4.79 Å². The average Bonchev–Trinajstić information content (AvgIpc) is 2.39. The van der Waals surface area contributed by atoms with E-state index >= 15 is 0 Å². The van der Waals surface area contributed by atoms with Crippen molar-refractivity contribution in [1.82, 2.24) is 15.4 Å². The van der Waals surface area contributed by atoms with Crippen LogP contribution in [0.15, 0.2) is 18.3 Å². The zero-order valence-corrected chi connectivity index (χ0v) is 6.09. The van der Waals surface area contributed by atoms with Gasteiger partial charge in [-0.1, -0.05) is 11.8 Å². The number of amides is 1. The van der Waals surface area contributed by atoms with E-state index < -0.39 is 0 Å². The molecule has 0 bridgehead atoms. The molecule has 0 spiro atoms. The Hall–Kier alpha value is -1.65. The molecule has 2 N–H and O–H groups in total. The van der Waals surface area contributed by atoms with Crippen LogP contribution in [0.25, 0.3) is 0 Å². The second-order valence-corrected chi connectivity index (χ2v) is 2.09. The highest BCUT2D eigenvalue weighted by atomic mass is 16.1. The summed E-state index contributed by atoms with van der Waals surface area (Å²) in [6, 6.07) is 0. The van der Waals surface area contributed by atoms with Crippen molar-refractivity contribution in [3.05, 3.63) is 18.3 Å². The quantitative estimate of drug-likeness (QED) is 0.599. The Bertz CT molecular complexity index is 264. The van der Waals surface area contributed by atoms with Crippen LogP contribution in [0.4, 0.5) is 5.82 Å². The van der Waals surface area contributed by atoms with Gasteiger partial charge in [-0.3, -0.25) is 9.89 Å². The summed E-state index contributed by atoms with van der Waals surface area (Å²) in [5.41, 5.74) is 0.438. The molecule has 0 fully saturated rings. The smallest absolute Gasteiger partial charge is 0.251 e. The number of aromatic nitrogens is 3. The number of nitrogens with zero attached hydrogens (tertiary/aromatic N) is 2. The fourth-order valence-corrected chi connectivity index (χ4v) is 0.486. The van der Waals surface area contributed by atoms with Crippen LogP contribution in [0.5, 0.6) is 0 Å². The summed E-state index contributed by atoms with van der Waals surface area (Å²) in [5, 5.41) is 11.9. The topological polar surface area (TPSA) is 70.7 Å². The standard InChI is InChI=1S/C6H8N4O/c1-4(2)6(11)8-5-3-7-10-9-5/h3H,1H2,2H3,(H2,7,8,9,10,11). The maximum Gasteiger partial charge on any atom is 0.251 e. The molecule has 0 saturated heterocycles. The maximum absolute atomic E-state index is 10.9. The molecular formula is C6H8N4O. The number of anilines is 1. The van der Waals surface area contributed by atoms with Gasteiger partial charge in [0.15, 0.2) is 5.82 Å². The summed E-state index contributed by atoms with van der Waals surface area (Å²) in [6.45, 7) is 5.09. The zero-order valence-electron chi connectivity index (χ0n) is 6.09. The zero-order chi connectivity index (χ0) is 8.27. The van der Waals surface area contributed by atoms with Crippen molar-refractivity contribution in [3.8, 4) is 0 Å². The predicted molar refractivity (Wildman–Crippen MR) is 39.8 cm³/mol. The van der Waals surface area contributed by atoms with Gasteiger partial charge in [0.05, 0.1) is 6.20 Å².